The highest BCUT2D eigenvalue weighted by Crippen LogP contribution is 2.43. The second-order valence-electron chi connectivity index (χ2n) is 9.82. The first kappa shape index (κ1) is 26.4. The van der Waals surface area contributed by atoms with Crippen LogP contribution in [0.1, 0.15) is 55.8 Å². The van der Waals surface area contributed by atoms with Crippen LogP contribution in [0.25, 0.3) is 0 Å². The van der Waals surface area contributed by atoms with Gasteiger partial charge in [0.1, 0.15) is 12.3 Å². The normalized spacial score (nSPS) is 16.4. The molecule has 7 heteroatoms. The van der Waals surface area contributed by atoms with E-state index in [4.69, 9.17) is 14.2 Å². The smallest absolute Gasteiger partial charge is 0.263 e. The third-order valence-electron chi connectivity index (χ3n) is 6.69. The van der Waals surface area contributed by atoms with Crippen LogP contribution in [-0.4, -0.2) is 47.0 Å². The number of hydrogen-bond donors (Lipinski definition) is 1. The Morgan fingerprint density at radius 1 is 1.00 bits per heavy atom. The van der Waals surface area contributed by atoms with Crippen molar-refractivity contribution in [2.75, 3.05) is 27.2 Å². The van der Waals surface area contributed by atoms with E-state index in [2.05, 4.69) is 19.3 Å². The highest BCUT2D eigenvalue weighted by Gasteiger charge is 2.45. The predicted molar refractivity (Wildman–Crippen MR) is 128 cm³/mol. The summed E-state index contributed by atoms with van der Waals surface area (Å²) in [6, 6.07) is 19.7. The minimum atomic E-state index is -1.24. The van der Waals surface area contributed by atoms with Gasteiger partial charge in [0.05, 0.1) is 27.2 Å². The van der Waals surface area contributed by atoms with Crippen LogP contribution in [-0.2, 0) is 12.1 Å². The topological polar surface area (TPSA) is 68.4 Å². The van der Waals surface area contributed by atoms with Gasteiger partial charge in [-0.15, -0.1) is 0 Å². The number of halogens is 1. The van der Waals surface area contributed by atoms with E-state index in [0.717, 1.165) is 50.0 Å². The van der Waals surface area contributed by atoms with Crippen LogP contribution in [0, 0.1) is 5.92 Å². The molecule has 0 spiro atoms. The van der Waals surface area contributed by atoms with Gasteiger partial charge in [0.2, 0.25) is 5.82 Å². The monoisotopic (exact) mass is 529 g/mol. The minimum absolute atomic E-state index is 0. The molecule has 0 saturated heterocycles. The molecule has 1 unspecified atom stereocenters. The lowest BCUT2D eigenvalue weighted by Crippen LogP contribution is -3.00. The SMILES string of the molecule is C[N+](C)(CCCOc1ccccc1)Cc1noc(C(O)(c2ccccc2)C2CCCCC2)n1.[Br-]. The highest BCUT2D eigenvalue weighted by molar-refractivity contribution is 5.29. The van der Waals surface area contributed by atoms with E-state index in [0.29, 0.717) is 29.3 Å². The van der Waals surface area contributed by atoms with Gasteiger partial charge in [0.15, 0.2) is 5.60 Å². The summed E-state index contributed by atoms with van der Waals surface area (Å²) in [7, 11) is 4.31. The van der Waals surface area contributed by atoms with Crippen LogP contribution in [0.15, 0.2) is 65.2 Å². The first-order valence-corrected chi connectivity index (χ1v) is 12.1. The van der Waals surface area contributed by atoms with Gasteiger partial charge in [-0.1, -0.05) is 73.0 Å². The van der Waals surface area contributed by atoms with Gasteiger partial charge in [-0.05, 0) is 30.5 Å². The van der Waals surface area contributed by atoms with Crippen molar-refractivity contribution in [3.8, 4) is 5.75 Å². The number of ether oxygens (including phenoxy) is 1. The van der Waals surface area contributed by atoms with E-state index in [1.54, 1.807) is 0 Å². The standard InChI is InChI=1S/C27H36N3O3.BrH/c1-30(2,19-12-20-32-24-17-10-5-11-18-24)21-25-28-26(33-29-25)27(31,22-13-6-3-7-14-22)23-15-8-4-9-16-23;/h3,5-7,10-11,13-14,17-18,23,31H,4,8-9,12,15-16,19-21H2,1-2H3;1H/q+1;/p-1. The molecule has 1 aliphatic carbocycles. The second-order valence-corrected chi connectivity index (χ2v) is 9.82. The van der Waals surface area contributed by atoms with Crippen LogP contribution < -0.4 is 21.7 Å². The lowest BCUT2D eigenvalue weighted by Gasteiger charge is -2.36. The lowest BCUT2D eigenvalue weighted by atomic mass is 9.73. The summed E-state index contributed by atoms with van der Waals surface area (Å²) >= 11 is 0. The van der Waals surface area contributed by atoms with Gasteiger partial charge in [0.25, 0.3) is 5.89 Å². The molecule has 0 radical (unpaired) electrons. The Labute approximate surface area is 213 Å². The van der Waals surface area contributed by atoms with Gasteiger partial charge >= 0.3 is 0 Å². The largest absolute Gasteiger partial charge is 1.00 e. The molecule has 184 valence electrons. The van der Waals surface area contributed by atoms with Gasteiger partial charge < -0.3 is 35.8 Å². The molecule has 1 N–H and O–H groups in total. The molecule has 1 saturated carbocycles. The van der Waals surface area contributed by atoms with Crippen LogP contribution in [0.4, 0.5) is 0 Å². The molecule has 4 rings (SSSR count). The van der Waals surface area contributed by atoms with E-state index in [-0.39, 0.29) is 22.9 Å². The van der Waals surface area contributed by atoms with Crippen molar-refractivity contribution in [2.24, 2.45) is 5.92 Å². The summed E-state index contributed by atoms with van der Waals surface area (Å²) in [6.07, 6.45) is 6.31. The summed E-state index contributed by atoms with van der Waals surface area (Å²) in [5, 5.41) is 16.2. The Morgan fingerprint density at radius 2 is 1.65 bits per heavy atom. The van der Waals surface area contributed by atoms with Crippen molar-refractivity contribution >= 4 is 0 Å². The number of hydrogen-bond acceptors (Lipinski definition) is 5. The van der Waals surface area contributed by atoms with Crippen molar-refractivity contribution in [1.29, 1.82) is 0 Å². The molecule has 2 aromatic carbocycles. The van der Waals surface area contributed by atoms with E-state index in [1.807, 2.05) is 60.7 Å². The molecule has 1 fully saturated rings. The maximum absolute atomic E-state index is 12.0. The van der Waals surface area contributed by atoms with Crippen molar-refractivity contribution < 1.29 is 35.8 Å². The highest BCUT2D eigenvalue weighted by atomic mass is 79.9. The Morgan fingerprint density at radius 3 is 2.32 bits per heavy atom. The van der Waals surface area contributed by atoms with E-state index >= 15 is 0 Å². The second kappa shape index (κ2) is 12.0. The molecular weight excluding hydrogens is 494 g/mol. The third-order valence-corrected chi connectivity index (χ3v) is 6.69. The zero-order valence-corrected chi connectivity index (χ0v) is 21.8. The summed E-state index contributed by atoms with van der Waals surface area (Å²) in [6.45, 7) is 2.21. The van der Waals surface area contributed by atoms with E-state index in [1.165, 1.54) is 6.42 Å². The Hall–Kier alpha value is -2.22. The molecule has 1 aliphatic rings. The number of nitrogens with zero attached hydrogens (tertiary/aromatic N) is 3. The fraction of sp³-hybridized carbons (Fsp3) is 0.481. The van der Waals surface area contributed by atoms with Crippen LogP contribution in [0.2, 0.25) is 0 Å². The number of aromatic nitrogens is 2. The molecule has 0 amide bonds. The predicted octanol–water partition coefficient (Wildman–Crippen LogP) is 1.94. The maximum Gasteiger partial charge on any atom is 0.263 e. The molecular formula is C27H36BrN3O3. The number of benzene rings is 2. The maximum atomic E-state index is 12.0. The van der Waals surface area contributed by atoms with Crippen molar-refractivity contribution in [2.45, 2.75) is 50.7 Å². The van der Waals surface area contributed by atoms with Gasteiger partial charge in [0, 0.05) is 12.3 Å². The van der Waals surface area contributed by atoms with Gasteiger partial charge in [-0.3, -0.25) is 0 Å². The summed E-state index contributed by atoms with van der Waals surface area (Å²) in [5.41, 5.74) is -0.410. The van der Waals surface area contributed by atoms with E-state index < -0.39 is 5.60 Å². The molecule has 34 heavy (non-hydrogen) atoms. The molecule has 1 aromatic heterocycles. The molecule has 0 bridgehead atoms. The Bertz CT molecular complexity index is 991. The van der Waals surface area contributed by atoms with Gasteiger partial charge in [-0.2, -0.15) is 4.98 Å². The van der Waals surface area contributed by atoms with Crippen LogP contribution in [0.5, 0.6) is 5.75 Å². The molecule has 1 atom stereocenters. The van der Waals surface area contributed by atoms with Crippen LogP contribution in [0.3, 0.4) is 0 Å². The fourth-order valence-corrected chi connectivity index (χ4v) is 4.88. The molecule has 1 heterocycles. The Balaban J connectivity index is 0.00000324. The van der Waals surface area contributed by atoms with Crippen molar-refractivity contribution in [3.63, 3.8) is 0 Å². The quantitative estimate of drug-likeness (QED) is 0.321. The summed E-state index contributed by atoms with van der Waals surface area (Å²) in [4.78, 5) is 4.72. The minimum Gasteiger partial charge on any atom is -1.00 e. The zero-order chi connectivity index (χ0) is 23.2. The first-order chi connectivity index (χ1) is 16.0. The van der Waals surface area contributed by atoms with Crippen molar-refractivity contribution in [3.05, 3.63) is 77.9 Å². The molecule has 6 nitrogen and oxygen atoms in total. The average molecular weight is 531 g/mol. The molecule has 0 aliphatic heterocycles. The summed E-state index contributed by atoms with van der Waals surface area (Å²) in [5.74, 6) is 1.93. The summed E-state index contributed by atoms with van der Waals surface area (Å²) < 4.78 is 12.3. The van der Waals surface area contributed by atoms with Crippen LogP contribution >= 0.6 is 0 Å². The lowest BCUT2D eigenvalue weighted by molar-refractivity contribution is -0.904. The number of para-hydroxylation sites is 1. The number of aliphatic hydroxyl groups is 1. The first-order valence-electron chi connectivity index (χ1n) is 12.1. The Kier molecular flexibility index (Phi) is 9.28. The fourth-order valence-electron chi connectivity index (χ4n) is 4.88. The number of rotatable bonds is 10. The third kappa shape index (κ3) is 6.46. The average Bonchev–Trinajstić information content (AvgIpc) is 3.31. The van der Waals surface area contributed by atoms with Gasteiger partial charge in [-0.25, -0.2) is 0 Å². The van der Waals surface area contributed by atoms with E-state index in [9.17, 15) is 5.11 Å². The molecule has 3 aromatic rings. The number of quaternary nitrogens is 1. The zero-order valence-electron chi connectivity index (χ0n) is 20.2. The van der Waals surface area contributed by atoms with Crippen molar-refractivity contribution in [1.82, 2.24) is 10.1 Å².